The molecule has 0 spiro atoms. The van der Waals surface area contributed by atoms with Crippen molar-refractivity contribution in [1.29, 1.82) is 0 Å². The Balaban J connectivity index is 1.86. The van der Waals surface area contributed by atoms with Crippen molar-refractivity contribution in [3.63, 3.8) is 0 Å². The van der Waals surface area contributed by atoms with Crippen LogP contribution in [0.25, 0.3) is 0 Å². The van der Waals surface area contributed by atoms with E-state index in [1.165, 1.54) is 31.5 Å². The number of rotatable bonds is 6. The Morgan fingerprint density at radius 1 is 1.30 bits per heavy atom. The molecule has 1 amide bonds. The van der Waals surface area contributed by atoms with E-state index >= 15 is 0 Å². The first-order valence-electron chi connectivity index (χ1n) is 7.48. The van der Waals surface area contributed by atoms with Crippen molar-refractivity contribution in [3.8, 4) is 0 Å². The fourth-order valence-corrected chi connectivity index (χ4v) is 2.45. The van der Waals surface area contributed by atoms with Gasteiger partial charge in [-0.15, -0.1) is 0 Å². The number of nitrogens with one attached hydrogen (secondary N) is 2. The van der Waals surface area contributed by atoms with E-state index in [0.29, 0.717) is 12.6 Å². The summed E-state index contributed by atoms with van der Waals surface area (Å²) >= 11 is 0. The highest BCUT2D eigenvalue weighted by Gasteiger charge is 2.12. The predicted molar refractivity (Wildman–Crippen MR) is 82.7 cm³/mol. The summed E-state index contributed by atoms with van der Waals surface area (Å²) in [5, 5.41) is 6.06. The molecule has 1 aliphatic heterocycles. The Bertz CT molecular complexity index is 439. The van der Waals surface area contributed by atoms with E-state index < -0.39 is 0 Å². The molecule has 1 saturated heterocycles. The summed E-state index contributed by atoms with van der Waals surface area (Å²) in [6, 6.07) is 8.48. The van der Waals surface area contributed by atoms with Crippen LogP contribution in [0.1, 0.15) is 32.3 Å². The zero-order valence-corrected chi connectivity index (χ0v) is 12.5. The minimum atomic E-state index is 0.0111. The maximum Gasteiger partial charge on any atom is 0.238 e. The number of hydrogen-bond donors (Lipinski definition) is 2. The van der Waals surface area contributed by atoms with Gasteiger partial charge in [-0.05, 0) is 43.6 Å². The Labute approximate surface area is 121 Å². The molecule has 4 nitrogen and oxygen atoms in total. The number of amides is 1. The van der Waals surface area contributed by atoms with Crippen molar-refractivity contribution < 1.29 is 4.79 Å². The van der Waals surface area contributed by atoms with Crippen molar-refractivity contribution in [1.82, 2.24) is 10.2 Å². The van der Waals surface area contributed by atoms with Crippen molar-refractivity contribution in [2.24, 2.45) is 0 Å². The molecule has 1 heterocycles. The van der Waals surface area contributed by atoms with Gasteiger partial charge in [0.25, 0.3) is 0 Å². The van der Waals surface area contributed by atoms with Gasteiger partial charge in [-0.1, -0.05) is 26.0 Å². The highest BCUT2D eigenvalue weighted by atomic mass is 16.1. The number of anilines is 1. The Morgan fingerprint density at radius 2 is 2.05 bits per heavy atom. The molecule has 2 rings (SSSR count). The van der Waals surface area contributed by atoms with E-state index in [-0.39, 0.29) is 5.91 Å². The third-order valence-electron chi connectivity index (χ3n) is 3.49. The minimum Gasteiger partial charge on any atom is -0.325 e. The lowest BCUT2D eigenvalue weighted by atomic mass is 10.2. The summed E-state index contributed by atoms with van der Waals surface area (Å²) in [5.41, 5.74) is 2.15. The van der Waals surface area contributed by atoms with Gasteiger partial charge in [-0.3, -0.25) is 9.69 Å². The topological polar surface area (TPSA) is 44.4 Å². The summed E-state index contributed by atoms with van der Waals surface area (Å²) < 4.78 is 0. The highest BCUT2D eigenvalue weighted by molar-refractivity contribution is 5.92. The second-order valence-electron chi connectivity index (χ2n) is 5.77. The number of carbonyl (C=O) groups excluding carboxylic acids is 1. The summed E-state index contributed by atoms with van der Waals surface area (Å²) in [7, 11) is 0. The van der Waals surface area contributed by atoms with Crippen LogP contribution >= 0.6 is 0 Å². The van der Waals surface area contributed by atoms with Crippen LogP contribution in [-0.4, -0.2) is 36.5 Å². The molecule has 110 valence electrons. The third kappa shape index (κ3) is 4.94. The smallest absolute Gasteiger partial charge is 0.238 e. The Morgan fingerprint density at radius 3 is 2.75 bits per heavy atom. The monoisotopic (exact) mass is 275 g/mol. The van der Waals surface area contributed by atoms with E-state index in [2.05, 4.69) is 27.7 Å². The van der Waals surface area contributed by atoms with Crippen molar-refractivity contribution in [2.45, 2.75) is 39.3 Å². The zero-order valence-electron chi connectivity index (χ0n) is 12.5. The summed E-state index contributed by atoms with van der Waals surface area (Å²) in [6.45, 7) is 7.78. The molecular formula is C16H25N3O. The van der Waals surface area contributed by atoms with E-state index in [1.807, 2.05) is 26.0 Å². The van der Waals surface area contributed by atoms with E-state index in [9.17, 15) is 4.79 Å². The normalized spacial score (nSPS) is 15.8. The second-order valence-corrected chi connectivity index (χ2v) is 5.77. The molecule has 1 fully saturated rings. The first-order chi connectivity index (χ1) is 9.63. The molecule has 4 heteroatoms. The number of likely N-dealkylation sites (tertiary alicyclic amines) is 1. The summed E-state index contributed by atoms with van der Waals surface area (Å²) in [5.74, 6) is 0.0111. The quantitative estimate of drug-likeness (QED) is 0.836. The van der Waals surface area contributed by atoms with Crippen LogP contribution in [0.15, 0.2) is 24.3 Å². The van der Waals surface area contributed by atoms with Crippen LogP contribution in [0.3, 0.4) is 0 Å². The van der Waals surface area contributed by atoms with Crippen molar-refractivity contribution >= 4 is 11.6 Å². The molecular weight excluding hydrogens is 250 g/mol. The number of benzene rings is 1. The largest absolute Gasteiger partial charge is 0.325 e. The third-order valence-corrected chi connectivity index (χ3v) is 3.49. The summed E-state index contributed by atoms with van der Waals surface area (Å²) in [4.78, 5) is 14.2. The molecule has 0 bridgehead atoms. The molecule has 0 atom stereocenters. The van der Waals surface area contributed by atoms with Crippen LogP contribution in [0.5, 0.6) is 0 Å². The maximum atomic E-state index is 11.8. The Kier molecular flexibility index (Phi) is 5.56. The lowest BCUT2D eigenvalue weighted by Gasteiger charge is -2.15. The lowest BCUT2D eigenvalue weighted by Crippen LogP contribution is -2.32. The molecule has 0 aromatic heterocycles. The molecule has 1 aromatic carbocycles. The highest BCUT2D eigenvalue weighted by Crippen LogP contribution is 2.16. The van der Waals surface area contributed by atoms with Crippen LogP contribution < -0.4 is 10.6 Å². The Hall–Kier alpha value is -1.39. The fourth-order valence-electron chi connectivity index (χ4n) is 2.45. The molecule has 1 aromatic rings. The van der Waals surface area contributed by atoms with Gasteiger partial charge in [0, 0.05) is 18.3 Å². The van der Waals surface area contributed by atoms with Gasteiger partial charge in [0.2, 0.25) is 5.91 Å². The lowest BCUT2D eigenvalue weighted by molar-refractivity contribution is -0.115. The minimum absolute atomic E-state index is 0.0111. The van der Waals surface area contributed by atoms with Crippen LogP contribution in [0.4, 0.5) is 5.69 Å². The summed E-state index contributed by atoms with van der Waals surface area (Å²) in [6.07, 6.45) is 2.61. The molecule has 0 aliphatic carbocycles. The molecule has 1 aliphatic rings. The molecule has 0 unspecified atom stereocenters. The van der Waals surface area contributed by atoms with Crippen LogP contribution in [0.2, 0.25) is 0 Å². The SMILES string of the molecule is CC(C)NCC(=O)Nc1cccc(CN2CCCC2)c1. The van der Waals surface area contributed by atoms with Gasteiger partial charge < -0.3 is 10.6 Å². The first kappa shape index (κ1) is 15.0. The first-order valence-corrected chi connectivity index (χ1v) is 7.48. The van der Waals surface area contributed by atoms with Gasteiger partial charge in [-0.2, -0.15) is 0 Å². The van der Waals surface area contributed by atoms with Crippen LogP contribution in [-0.2, 0) is 11.3 Å². The van der Waals surface area contributed by atoms with E-state index in [1.54, 1.807) is 0 Å². The second kappa shape index (κ2) is 7.41. The maximum absolute atomic E-state index is 11.8. The van der Waals surface area contributed by atoms with E-state index in [4.69, 9.17) is 0 Å². The molecule has 0 radical (unpaired) electrons. The fraction of sp³-hybridized carbons (Fsp3) is 0.562. The predicted octanol–water partition coefficient (Wildman–Crippen LogP) is 2.22. The van der Waals surface area contributed by atoms with Gasteiger partial charge in [0.15, 0.2) is 0 Å². The standard InChI is InChI=1S/C16H25N3O/c1-13(2)17-11-16(20)18-15-7-5-6-14(10-15)12-19-8-3-4-9-19/h5-7,10,13,17H,3-4,8-9,11-12H2,1-2H3,(H,18,20). The van der Waals surface area contributed by atoms with Gasteiger partial charge >= 0.3 is 0 Å². The number of nitrogens with zero attached hydrogens (tertiary/aromatic N) is 1. The van der Waals surface area contributed by atoms with Crippen molar-refractivity contribution in [3.05, 3.63) is 29.8 Å². The zero-order chi connectivity index (χ0) is 14.4. The molecule has 20 heavy (non-hydrogen) atoms. The average molecular weight is 275 g/mol. The molecule has 0 saturated carbocycles. The molecule has 2 N–H and O–H groups in total. The number of carbonyl (C=O) groups is 1. The van der Waals surface area contributed by atoms with Crippen molar-refractivity contribution in [2.75, 3.05) is 25.0 Å². The van der Waals surface area contributed by atoms with Gasteiger partial charge in [0.1, 0.15) is 0 Å². The average Bonchev–Trinajstić information content (AvgIpc) is 2.89. The number of hydrogen-bond acceptors (Lipinski definition) is 3. The van der Waals surface area contributed by atoms with E-state index in [0.717, 1.165) is 12.2 Å². The van der Waals surface area contributed by atoms with Gasteiger partial charge in [-0.25, -0.2) is 0 Å². The van der Waals surface area contributed by atoms with Crippen LogP contribution in [0, 0.1) is 0 Å². The van der Waals surface area contributed by atoms with Gasteiger partial charge in [0.05, 0.1) is 6.54 Å².